The first-order valence-electron chi connectivity index (χ1n) is 6.07. The van der Waals surface area contributed by atoms with Crippen molar-refractivity contribution in [2.24, 2.45) is 0 Å². The van der Waals surface area contributed by atoms with Gasteiger partial charge in [0.05, 0.1) is 16.7 Å². The van der Waals surface area contributed by atoms with Gasteiger partial charge in [0.15, 0.2) is 6.10 Å². The number of nitriles is 1. The third-order valence-corrected chi connectivity index (χ3v) is 3.09. The maximum Gasteiger partial charge on any atom is 0.202 e. The molecule has 0 saturated carbocycles. The summed E-state index contributed by atoms with van der Waals surface area (Å²) < 4.78 is 5.57. The Bertz CT molecular complexity index is 662. The molecule has 2 rings (SSSR count). The van der Waals surface area contributed by atoms with E-state index in [9.17, 15) is 4.79 Å². The molecule has 0 aliphatic heterocycles. The Labute approximate surface area is 122 Å². The van der Waals surface area contributed by atoms with E-state index >= 15 is 0 Å². The summed E-state index contributed by atoms with van der Waals surface area (Å²) in [5, 5.41) is 9.08. The van der Waals surface area contributed by atoms with Crippen molar-refractivity contribution in [3.05, 3.63) is 64.7 Å². The molecular formula is C16H12ClNO2. The highest BCUT2D eigenvalue weighted by molar-refractivity contribution is 6.32. The predicted molar refractivity (Wildman–Crippen MR) is 77.0 cm³/mol. The molecule has 0 radical (unpaired) electrons. The molecule has 0 bridgehead atoms. The first-order chi connectivity index (χ1) is 9.61. The van der Waals surface area contributed by atoms with Gasteiger partial charge in [0.1, 0.15) is 5.75 Å². The van der Waals surface area contributed by atoms with Crippen LogP contribution in [-0.4, -0.2) is 11.9 Å². The number of Topliss-reactive ketones (excluding diaryl/α,β-unsaturated/α-hetero) is 1. The monoisotopic (exact) mass is 285 g/mol. The third kappa shape index (κ3) is 3.17. The number of carbonyl (C=O) groups excluding carboxylic acids is 1. The molecule has 0 N–H and O–H groups in total. The molecule has 0 aliphatic rings. The summed E-state index contributed by atoms with van der Waals surface area (Å²) >= 11 is 6.02. The van der Waals surface area contributed by atoms with Crippen LogP contribution in [0.5, 0.6) is 5.75 Å². The minimum Gasteiger partial charge on any atom is -0.481 e. The standard InChI is InChI=1S/C16H12ClNO2/c1-11(16(19)13-5-3-2-4-6-13)20-15-8-7-12(10-18)9-14(15)17/h2-9,11H,1H3. The fourth-order valence-electron chi connectivity index (χ4n) is 1.75. The van der Waals surface area contributed by atoms with Gasteiger partial charge < -0.3 is 4.74 Å². The molecule has 1 atom stereocenters. The first kappa shape index (κ1) is 14.1. The summed E-state index contributed by atoms with van der Waals surface area (Å²) in [5.74, 6) is 0.272. The van der Waals surface area contributed by atoms with Crippen molar-refractivity contribution in [1.29, 1.82) is 5.26 Å². The fraction of sp³-hybridized carbons (Fsp3) is 0.125. The van der Waals surface area contributed by atoms with Crippen LogP contribution in [0.4, 0.5) is 0 Å². The average molecular weight is 286 g/mol. The van der Waals surface area contributed by atoms with Crippen LogP contribution in [-0.2, 0) is 0 Å². The van der Waals surface area contributed by atoms with Gasteiger partial charge in [-0.3, -0.25) is 4.79 Å². The Morgan fingerprint density at radius 1 is 1.25 bits per heavy atom. The van der Waals surface area contributed by atoms with Gasteiger partial charge in [-0.15, -0.1) is 0 Å². The molecule has 0 amide bonds. The number of nitrogens with zero attached hydrogens (tertiary/aromatic N) is 1. The van der Waals surface area contributed by atoms with Crippen molar-refractivity contribution in [2.75, 3.05) is 0 Å². The normalized spacial score (nSPS) is 11.4. The Kier molecular flexibility index (Phi) is 4.39. The van der Waals surface area contributed by atoms with Gasteiger partial charge in [-0.25, -0.2) is 0 Å². The maximum atomic E-state index is 12.2. The molecular weight excluding hydrogens is 274 g/mol. The SMILES string of the molecule is CC(Oc1ccc(C#N)cc1Cl)C(=O)c1ccccc1. The summed E-state index contributed by atoms with van der Waals surface area (Å²) in [4.78, 5) is 12.2. The largest absolute Gasteiger partial charge is 0.481 e. The molecule has 0 fully saturated rings. The highest BCUT2D eigenvalue weighted by atomic mass is 35.5. The van der Waals surface area contributed by atoms with Crippen LogP contribution in [0.3, 0.4) is 0 Å². The van der Waals surface area contributed by atoms with Gasteiger partial charge in [-0.1, -0.05) is 41.9 Å². The van der Waals surface area contributed by atoms with E-state index in [1.54, 1.807) is 43.3 Å². The van der Waals surface area contributed by atoms with Crippen LogP contribution in [0, 0.1) is 11.3 Å². The molecule has 2 aromatic rings. The molecule has 0 aliphatic carbocycles. The lowest BCUT2D eigenvalue weighted by Crippen LogP contribution is -2.23. The summed E-state index contributed by atoms with van der Waals surface area (Å²) in [7, 11) is 0. The highest BCUT2D eigenvalue weighted by Gasteiger charge is 2.17. The average Bonchev–Trinajstić information content (AvgIpc) is 2.49. The van der Waals surface area contributed by atoms with E-state index in [4.69, 9.17) is 21.6 Å². The number of carbonyl (C=O) groups is 1. The van der Waals surface area contributed by atoms with Crippen LogP contribution in [0.2, 0.25) is 5.02 Å². The number of hydrogen-bond donors (Lipinski definition) is 0. The zero-order valence-corrected chi connectivity index (χ0v) is 11.6. The molecule has 3 nitrogen and oxygen atoms in total. The van der Waals surface area contributed by atoms with Crippen LogP contribution in [0.15, 0.2) is 48.5 Å². The Hall–Kier alpha value is -2.31. The van der Waals surface area contributed by atoms with E-state index in [2.05, 4.69) is 0 Å². The smallest absolute Gasteiger partial charge is 0.202 e. The van der Waals surface area contributed by atoms with E-state index in [1.807, 2.05) is 12.1 Å². The van der Waals surface area contributed by atoms with Crippen molar-refractivity contribution >= 4 is 17.4 Å². The van der Waals surface area contributed by atoms with E-state index in [1.165, 1.54) is 6.07 Å². The van der Waals surface area contributed by atoms with Crippen molar-refractivity contribution in [1.82, 2.24) is 0 Å². The lowest BCUT2D eigenvalue weighted by Gasteiger charge is -2.14. The van der Waals surface area contributed by atoms with Crippen LogP contribution < -0.4 is 4.74 Å². The van der Waals surface area contributed by atoms with E-state index < -0.39 is 6.10 Å². The molecule has 1 unspecified atom stereocenters. The lowest BCUT2D eigenvalue weighted by molar-refractivity contribution is 0.0818. The Balaban J connectivity index is 2.14. The highest BCUT2D eigenvalue weighted by Crippen LogP contribution is 2.26. The van der Waals surface area contributed by atoms with Crippen molar-refractivity contribution < 1.29 is 9.53 Å². The van der Waals surface area contributed by atoms with E-state index in [-0.39, 0.29) is 5.78 Å². The van der Waals surface area contributed by atoms with Gasteiger partial charge in [-0.05, 0) is 25.1 Å². The van der Waals surface area contributed by atoms with Gasteiger partial charge in [0, 0.05) is 5.56 Å². The predicted octanol–water partition coefficient (Wildman–Crippen LogP) is 3.86. The number of ketones is 1. The second kappa shape index (κ2) is 6.23. The molecule has 2 aromatic carbocycles. The second-order valence-corrected chi connectivity index (χ2v) is 4.65. The lowest BCUT2D eigenvalue weighted by atomic mass is 10.1. The zero-order valence-electron chi connectivity index (χ0n) is 10.8. The molecule has 20 heavy (non-hydrogen) atoms. The van der Waals surface area contributed by atoms with Gasteiger partial charge in [0.2, 0.25) is 5.78 Å². The number of halogens is 1. The van der Waals surface area contributed by atoms with E-state index in [0.29, 0.717) is 21.9 Å². The van der Waals surface area contributed by atoms with Crippen molar-refractivity contribution in [3.8, 4) is 11.8 Å². The van der Waals surface area contributed by atoms with Gasteiger partial charge in [0.25, 0.3) is 0 Å². The molecule has 0 saturated heterocycles. The topological polar surface area (TPSA) is 50.1 Å². The Morgan fingerprint density at radius 3 is 2.55 bits per heavy atom. The summed E-state index contributed by atoms with van der Waals surface area (Å²) in [6.07, 6.45) is -0.650. The van der Waals surface area contributed by atoms with Crippen molar-refractivity contribution in [3.63, 3.8) is 0 Å². The van der Waals surface area contributed by atoms with Crippen LogP contribution in [0.1, 0.15) is 22.8 Å². The fourth-order valence-corrected chi connectivity index (χ4v) is 1.97. The molecule has 0 heterocycles. The number of hydrogen-bond acceptors (Lipinski definition) is 3. The maximum absolute atomic E-state index is 12.2. The van der Waals surface area contributed by atoms with Crippen LogP contribution >= 0.6 is 11.6 Å². The molecule has 0 spiro atoms. The summed E-state index contributed by atoms with van der Waals surface area (Å²) in [6.45, 7) is 1.67. The number of benzene rings is 2. The Morgan fingerprint density at radius 2 is 1.95 bits per heavy atom. The first-order valence-corrected chi connectivity index (χ1v) is 6.45. The van der Waals surface area contributed by atoms with Gasteiger partial charge in [-0.2, -0.15) is 5.26 Å². The molecule has 0 aromatic heterocycles. The second-order valence-electron chi connectivity index (χ2n) is 4.25. The molecule has 4 heteroatoms. The quantitative estimate of drug-likeness (QED) is 0.802. The minimum absolute atomic E-state index is 0.119. The number of ether oxygens (including phenoxy) is 1. The zero-order chi connectivity index (χ0) is 14.5. The third-order valence-electron chi connectivity index (χ3n) is 2.79. The summed E-state index contributed by atoms with van der Waals surface area (Å²) in [6, 6.07) is 15.6. The minimum atomic E-state index is -0.650. The summed E-state index contributed by atoms with van der Waals surface area (Å²) in [5.41, 5.74) is 1.04. The van der Waals surface area contributed by atoms with E-state index in [0.717, 1.165) is 0 Å². The molecule has 100 valence electrons. The van der Waals surface area contributed by atoms with Gasteiger partial charge >= 0.3 is 0 Å². The van der Waals surface area contributed by atoms with Crippen molar-refractivity contribution in [2.45, 2.75) is 13.0 Å². The van der Waals surface area contributed by atoms with Crippen LogP contribution in [0.25, 0.3) is 0 Å². The number of rotatable bonds is 4.